The zero-order valence-electron chi connectivity index (χ0n) is 19.3. The lowest BCUT2D eigenvalue weighted by Gasteiger charge is -2.33. The number of likely N-dealkylation sites (tertiary alicyclic amines) is 1. The van der Waals surface area contributed by atoms with Gasteiger partial charge in [-0.1, -0.05) is 66.7 Å². The number of nitriles is 1. The lowest BCUT2D eigenvalue weighted by atomic mass is 9.89. The molecule has 1 fully saturated rings. The molecule has 2 aromatic heterocycles. The first-order valence-corrected chi connectivity index (χ1v) is 12.7. The largest absolute Gasteiger partial charge is 0.339 e. The van der Waals surface area contributed by atoms with Crippen LogP contribution in [0.1, 0.15) is 45.8 Å². The molecular formula is C29H25N3O2S. The molecule has 5 rings (SSSR count). The number of hydrogen-bond donors (Lipinski definition) is 0. The average Bonchev–Trinajstić information content (AvgIpc) is 2.93. The number of rotatable bonds is 5. The van der Waals surface area contributed by atoms with Gasteiger partial charge in [-0.3, -0.25) is 14.0 Å². The third kappa shape index (κ3) is 4.60. The summed E-state index contributed by atoms with van der Waals surface area (Å²) in [4.78, 5) is 29.5. The van der Waals surface area contributed by atoms with Crippen molar-refractivity contribution in [3.05, 3.63) is 118 Å². The fourth-order valence-corrected chi connectivity index (χ4v) is 5.88. The van der Waals surface area contributed by atoms with Crippen LogP contribution >= 0.6 is 11.8 Å². The van der Waals surface area contributed by atoms with Gasteiger partial charge in [-0.25, -0.2) is 0 Å². The van der Waals surface area contributed by atoms with Crippen LogP contribution in [0.4, 0.5) is 0 Å². The van der Waals surface area contributed by atoms with Gasteiger partial charge in [0.25, 0.3) is 11.5 Å². The van der Waals surface area contributed by atoms with Crippen LogP contribution in [0.5, 0.6) is 0 Å². The molecule has 0 bridgehead atoms. The molecule has 1 aliphatic rings. The number of nitrogens with zero attached hydrogens (tertiary/aromatic N) is 3. The van der Waals surface area contributed by atoms with Gasteiger partial charge in [0, 0.05) is 29.9 Å². The fraction of sp³-hybridized carbons (Fsp3) is 0.207. The number of aromatic nitrogens is 1. The maximum Gasteiger partial charge on any atom is 0.274 e. The van der Waals surface area contributed by atoms with E-state index in [2.05, 4.69) is 30.3 Å². The first-order chi connectivity index (χ1) is 17.2. The highest BCUT2D eigenvalue weighted by Gasteiger charge is 2.30. The van der Waals surface area contributed by atoms with Crippen LogP contribution in [0.3, 0.4) is 0 Å². The summed E-state index contributed by atoms with van der Waals surface area (Å²) in [5.74, 6) is 0.873. The normalized spacial score (nSPS) is 14.1. The molecule has 0 spiro atoms. The van der Waals surface area contributed by atoms with Crippen molar-refractivity contribution in [2.75, 3.05) is 13.1 Å². The highest BCUT2D eigenvalue weighted by Crippen LogP contribution is 2.34. The minimum absolute atomic E-state index is 0.0251. The Morgan fingerprint density at radius 3 is 2.29 bits per heavy atom. The Bertz CT molecular complexity index is 1450. The minimum Gasteiger partial charge on any atom is -0.339 e. The summed E-state index contributed by atoms with van der Waals surface area (Å²) in [5, 5.41) is 9.93. The Morgan fingerprint density at radius 1 is 0.943 bits per heavy atom. The summed E-state index contributed by atoms with van der Waals surface area (Å²) in [6.45, 7) is 1.28. The van der Waals surface area contributed by atoms with Gasteiger partial charge in [-0.05, 0) is 42.0 Å². The number of benzene rings is 2. The molecule has 0 saturated carbocycles. The SMILES string of the molecule is N#Cc1c(SCc2ccccc2)c(C(=O)N2CCC(c3ccccc3)CC2)c2ccccn2c1=O. The molecular weight excluding hydrogens is 454 g/mol. The standard InChI is InChI=1S/C29H25N3O2S/c30-19-24-27(35-20-21-9-3-1-4-10-21)26(25-13-7-8-16-32(25)28(24)33)29(34)31-17-14-23(15-18-31)22-11-5-2-6-12-22/h1-13,16,23H,14-15,17-18,20H2. The van der Waals surface area contributed by atoms with Crippen LogP contribution in [0, 0.1) is 11.3 Å². The molecule has 3 heterocycles. The van der Waals surface area contributed by atoms with E-state index >= 15 is 0 Å². The van der Waals surface area contributed by atoms with Crippen LogP contribution < -0.4 is 5.56 Å². The molecule has 0 atom stereocenters. The Balaban J connectivity index is 1.51. The highest BCUT2D eigenvalue weighted by molar-refractivity contribution is 7.98. The van der Waals surface area contributed by atoms with E-state index in [4.69, 9.17) is 0 Å². The molecule has 0 aliphatic carbocycles. The van der Waals surface area contributed by atoms with Crippen molar-refractivity contribution >= 4 is 23.2 Å². The summed E-state index contributed by atoms with van der Waals surface area (Å²) in [5.41, 5.74) is 3.00. The van der Waals surface area contributed by atoms with Crippen molar-refractivity contribution in [3.63, 3.8) is 0 Å². The van der Waals surface area contributed by atoms with E-state index in [9.17, 15) is 14.9 Å². The molecule has 2 aromatic carbocycles. The predicted molar refractivity (Wildman–Crippen MR) is 139 cm³/mol. The van der Waals surface area contributed by atoms with Crippen LogP contribution in [0.15, 0.2) is 94.7 Å². The smallest absolute Gasteiger partial charge is 0.274 e. The van der Waals surface area contributed by atoms with Crippen LogP contribution in [-0.2, 0) is 5.75 Å². The number of hydrogen-bond acceptors (Lipinski definition) is 4. The summed E-state index contributed by atoms with van der Waals surface area (Å²) < 4.78 is 1.43. The Kier molecular flexibility index (Phi) is 6.69. The van der Waals surface area contributed by atoms with E-state index in [-0.39, 0.29) is 11.5 Å². The monoisotopic (exact) mass is 479 g/mol. The second-order valence-electron chi connectivity index (χ2n) is 8.70. The van der Waals surface area contributed by atoms with Gasteiger partial charge in [0.05, 0.1) is 11.1 Å². The quantitative estimate of drug-likeness (QED) is 0.356. The van der Waals surface area contributed by atoms with E-state index in [1.807, 2.05) is 47.4 Å². The lowest BCUT2D eigenvalue weighted by molar-refractivity contribution is 0.0711. The number of piperidine rings is 1. The van der Waals surface area contributed by atoms with E-state index in [0.717, 1.165) is 18.4 Å². The van der Waals surface area contributed by atoms with Crippen molar-refractivity contribution < 1.29 is 4.79 Å². The van der Waals surface area contributed by atoms with Gasteiger partial charge in [-0.2, -0.15) is 5.26 Å². The van der Waals surface area contributed by atoms with Crippen molar-refractivity contribution in [1.82, 2.24) is 9.30 Å². The average molecular weight is 480 g/mol. The summed E-state index contributed by atoms with van der Waals surface area (Å²) in [6, 6.07) is 27.8. The van der Waals surface area contributed by atoms with Gasteiger partial charge in [-0.15, -0.1) is 11.8 Å². The first kappa shape index (κ1) is 22.9. The molecule has 1 aliphatic heterocycles. The molecule has 6 heteroatoms. The van der Waals surface area contributed by atoms with Gasteiger partial charge in [0.1, 0.15) is 11.6 Å². The molecule has 0 unspecified atom stereocenters. The Hall–Kier alpha value is -3.82. The van der Waals surface area contributed by atoms with Gasteiger partial charge >= 0.3 is 0 Å². The second kappa shape index (κ2) is 10.2. The number of carbonyl (C=O) groups excluding carboxylic acids is 1. The van der Waals surface area contributed by atoms with E-state index in [0.29, 0.717) is 40.7 Å². The highest BCUT2D eigenvalue weighted by atomic mass is 32.2. The second-order valence-corrected chi connectivity index (χ2v) is 9.69. The Labute approximate surface area is 208 Å². The molecule has 35 heavy (non-hydrogen) atoms. The lowest BCUT2D eigenvalue weighted by Crippen LogP contribution is -2.39. The molecule has 0 N–H and O–H groups in total. The molecule has 4 aromatic rings. The minimum atomic E-state index is -0.391. The fourth-order valence-electron chi connectivity index (χ4n) is 4.76. The Morgan fingerprint density at radius 2 is 1.60 bits per heavy atom. The van der Waals surface area contributed by atoms with Crippen molar-refractivity contribution in [3.8, 4) is 6.07 Å². The maximum atomic E-state index is 14.0. The van der Waals surface area contributed by atoms with Gasteiger partial charge in [0.2, 0.25) is 0 Å². The van der Waals surface area contributed by atoms with E-state index in [1.165, 1.54) is 21.7 Å². The number of amides is 1. The van der Waals surface area contributed by atoms with Crippen molar-refractivity contribution in [2.24, 2.45) is 0 Å². The van der Waals surface area contributed by atoms with Crippen LogP contribution in [0.2, 0.25) is 0 Å². The van der Waals surface area contributed by atoms with E-state index < -0.39 is 5.56 Å². The maximum absolute atomic E-state index is 14.0. The number of thioether (sulfide) groups is 1. The number of carbonyl (C=O) groups is 1. The molecule has 0 radical (unpaired) electrons. The molecule has 1 saturated heterocycles. The third-order valence-corrected chi connectivity index (χ3v) is 7.78. The molecule has 1 amide bonds. The van der Waals surface area contributed by atoms with Crippen molar-refractivity contribution in [1.29, 1.82) is 5.26 Å². The molecule has 174 valence electrons. The van der Waals surface area contributed by atoms with Crippen molar-refractivity contribution in [2.45, 2.75) is 29.4 Å². The third-order valence-electron chi connectivity index (χ3n) is 6.61. The van der Waals surface area contributed by atoms with Gasteiger partial charge < -0.3 is 4.90 Å². The van der Waals surface area contributed by atoms with Crippen LogP contribution in [-0.4, -0.2) is 28.3 Å². The van der Waals surface area contributed by atoms with Gasteiger partial charge in [0.15, 0.2) is 0 Å². The summed E-state index contributed by atoms with van der Waals surface area (Å²) >= 11 is 1.39. The zero-order chi connectivity index (χ0) is 24.2. The van der Waals surface area contributed by atoms with E-state index in [1.54, 1.807) is 18.3 Å². The first-order valence-electron chi connectivity index (χ1n) is 11.8. The zero-order valence-corrected chi connectivity index (χ0v) is 20.1. The molecule has 5 nitrogen and oxygen atoms in total. The topological polar surface area (TPSA) is 65.6 Å². The van der Waals surface area contributed by atoms with Crippen LogP contribution in [0.25, 0.3) is 5.52 Å². The predicted octanol–water partition coefficient (Wildman–Crippen LogP) is 5.48. The number of pyridine rings is 2. The summed E-state index contributed by atoms with van der Waals surface area (Å²) in [6.07, 6.45) is 3.40. The number of fused-ring (bicyclic) bond motifs is 1. The summed E-state index contributed by atoms with van der Waals surface area (Å²) in [7, 11) is 0.